The molecule has 0 unspecified atom stereocenters. The van der Waals surface area contributed by atoms with Crippen molar-refractivity contribution in [1.82, 2.24) is 14.9 Å². The van der Waals surface area contributed by atoms with Crippen molar-refractivity contribution in [2.75, 3.05) is 18.0 Å². The quantitative estimate of drug-likeness (QED) is 0.345. The fourth-order valence-electron chi connectivity index (χ4n) is 4.87. The van der Waals surface area contributed by atoms with E-state index < -0.39 is 0 Å². The van der Waals surface area contributed by atoms with Crippen molar-refractivity contribution in [1.29, 1.82) is 0 Å². The number of rotatable bonds is 8. The molecule has 4 aromatic rings. The SMILES string of the molecule is CC(C)Oc1ccc(CNC(=O)C2CCN(c3nc4ccccc4n3Cc3ccc(F)cc3)CC2)cc1. The number of imidazole rings is 1. The summed E-state index contributed by atoms with van der Waals surface area (Å²) in [5.74, 6) is 1.57. The molecular weight excluding hydrogens is 467 g/mol. The number of hydrogen-bond donors (Lipinski definition) is 1. The van der Waals surface area contributed by atoms with Gasteiger partial charge in [-0.25, -0.2) is 9.37 Å². The number of amides is 1. The van der Waals surface area contributed by atoms with Gasteiger partial charge in [-0.3, -0.25) is 4.79 Å². The Morgan fingerprint density at radius 1 is 1.00 bits per heavy atom. The minimum absolute atomic E-state index is 0.0188. The number of fused-ring (bicyclic) bond motifs is 1. The molecule has 1 amide bonds. The summed E-state index contributed by atoms with van der Waals surface area (Å²) >= 11 is 0. The van der Waals surface area contributed by atoms with Gasteiger partial charge < -0.3 is 19.5 Å². The number of aromatic nitrogens is 2. The first-order chi connectivity index (χ1) is 18.0. The molecule has 6 nitrogen and oxygen atoms in total. The number of carbonyl (C=O) groups excluding carboxylic acids is 1. The maximum Gasteiger partial charge on any atom is 0.223 e. The van der Waals surface area contributed by atoms with Crippen LogP contribution in [0.2, 0.25) is 0 Å². The third-order valence-corrected chi connectivity index (χ3v) is 6.80. The number of hydrogen-bond acceptors (Lipinski definition) is 4. The molecule has 37 heavy (non-hydrogen) atoms. The molecule has 0 saturated carbocycles. The summed E-state index contributed by atoms with van der Waals surface area (Å²) in [5, 5.41) is 3.10. The lowest BCUT2D eigenvalue weighted by Gasteiger charge is -2.32. The number of benzene rings is 3. The standard InChI is InChI=1S/C30H33FN4O2/c1-21(2)37-26-13-9-22(10-14-26)19-32-29(36)24-15-17-34(18-16-24)30-33-27-5-3-4-6-28(27)35(30)20-23-7-11-25(31)12-8-23/h3-14,21,24H,15-20H2,1-2H3,(H,32,36). The predicted molar refractivity (Wildman–Crippen MR) is 144 cm³/mol. The topological polar surface area (TPSA) is 59.4 Å². The molecule has 0 radical (unpaired) electrons. The van der Waals surface area contributed by atoms with E-state index in [1.54, 1.807) is 0 Å². The summed E-state index contributed by atoms with van der Waals surface area (Å²) in [6.07, 6.45) is 1.68. The summed E-state index contributed by atoms with van der Waals surface area (Å²) in [5.41, 5.74) is 4.05. The van der Waals surface area contributed by atoms with Gasteiger partial charge in [-0.05, 0) is 74.2 Å². The van der Waals surface area contributed by atoms with Gasteiger partial charge in [0.2, 0.25) is 11.9 Å². The lowest BCUT2D eigenvalue weighted by molar-refractivity contribution is -0.125. The van der Waals surface area contributed by atoms with E-state index >= 15 is 0 Å². The molecule has 7 heteroatoms. The highest BCUT2D eigenvalue weighted by molar-refractivity contribution is 5.80. The number of carbonyl (C=O) groups is 1. The van der Waals surface area contributed by atoms with Gasteiger partial charge in [0.05, 0.1) is 23.7 Å². The van der Waals surface area contributed by atoms with E-state index in [0.717, 1.165) is 59.8 Å². The van der Waals surface area contributed by atoms with Crippen LogP contribution in [0, 0.1) is 11.7 Å². The van der Waals surface area contributed by atoms with E-state index in [4.69, 9.17) is 9.72 Å². The van der Waals surface area contributed by atoms with E-state index in [0.29, 0.717) is 13.1 Å². The zero-order valence-electron chi connectivity index (χ0n) is 21.4. The number of anilines is 1. The summed E-state index contributed by atoms with van der Waals surface area (Å²) in [7, 11) is 0. The van der Waals surface area contributed by atoms with Gasteiger partial charge in [0.25, 0.3) is 0 Å². The first kappa shape index (κ1) is 24.8. The van der Waals surface area contributed by atoms with Crippen molar-refractivity contribution in [2.24, 2.45) is 5.92 Å². The largest absolute Gasteiger partial charge is 0.491 e. The van der Waals surface area contributed by atoms with Gasteiger partial charge in [-0.15, -0.1) is 0 Å². The summed E-state index contributed by atoms with van der Waals surface area (Å²) < 4.78 is 21.3. The van der Waals surface area contributed by atoms with Crippen molar-refractivity contribution < 1.29 is 13.9 Å². The lowest BCUT2D eigenvalue weighted by Crippen LogP contribution is -2.41. The molecule has 0 aliphatic carbocycles. The summed E-state index contributed by atoms with van der Waals surface area (Å²) in [6, 6.07) is 22.6. The number of halogens is 1. The van der Waals surface area contributed by atoms with Crippen LogP contribution in [0.4, 0.5) is 10.3 Å². The molecule has 0 atom stereocenters. The van der Waals surface area contributed by atoms with Crippen molar-refractivity contribution >= 4 is 22.9 Å². The smallest absolute Gasteiger partial charge is 0.223 e. The Morgan fingerprint density at radius 2 is 1.68 bits per heavy atom. The zero-order chi connectivity index (χ0) is 25.8. The first-order valence-corrected chi connectivity index (χ1v) is 12.9. The normalized spacial score (nSPS) is 14.3. The Morgan fingerprint density at radius 3 is 2.38 bits per heavy atom. The van der Waals surface area contributed by atoms with Crippen molar-refractivity contribution in [2.45, 2.75) is 45.9 Å². The molecule has 1 saturated heterocycles. The third-order valence-electron chi connectivity index (χ3n) is 6.80. The molecule has 1 aliphatic heterocycles. The molecule has 1 aliphatic rings. The van der Waals surface area contributed by atoms with E-state index in [2.05, 4.69) is 20.9 Å². The fraction of sp³-hybridized carbons (Fsp3) is 0.333. The monoisotopic (exact) mass is 500 g/mol. The second-order valence-electron chi connectivity index (χ2n) is 9.90. The maximum absolute atomic E-state index is 13.4. The number of para-hydroxylation sites is 2. The molecule has 192 valence electrons. The van der Waals surface area contributed by atoms with Crippen LogP contribution in [0.5, 0.6) is 5.75 Å². The van der Waals surface area contributed by atoms with Crippen molar-refractivity contribution in [3.05, 3.63) is 89.7 Å². The minimum atomic E-state index is -0.239. The fourth-order valence-corrected chi connectivity index (χ4v) is 4.87. The molecule has 2 heterocycles. The predicted octanol–water partition coefficient (Wildman–Crippen LogP) is 5.54. The molecular formula is C30H33FN4O2. The highest BCUT2D eigenvalue weighted by atomic mass is 19.1. The molecule has 0 spiro atoms. The van der Waals surface area contributed by atoms with Crippen LogP contribution in [0.25, 0.3) is 11.0 Å². The van der Waals surface area contributed by atoms with Crippen LogP contribution in [0.15, 0.2) is 72.8 Å². The Kier molecular flexibility index (Phi) is 7.40. The van der Waals surface area contributed by atoms with Crippen LogP contribution < -0.4 is 15.0 Å². The minimum Gasteiger partial charge on any atom is -0.491 e. The molecule has 3 aromatic carbocycles. The van der Waals surface area contributed by atoms with Crippen LogP contribution in [0.1, 0.15) is 37.8 Å². The van der Waals surface area contributed by atoms with Gasteiger partial charge in [0.15, 0.2) is 0 Å². The summed E-state index contributed by atoms with van der Waals surface area (Å²) in [4.78, 5) is 20.1. The zero-order valence-corrected chi connectivity index (χ0v) is 21.4. The Labute approximate surface area is 217 Å². The van der Waals surface area contributed by atoms with E-state index in [-0.39, 0.29) is 23.7 Å². The summed E-state index contributed by atoms with van der Waals surface area (Å²) in [6.45, 7) is 6.63. The maximum atomic E-state index is 13.4. The second-order valence-corrected chi connectivity index (χ2v) is 9.90. The number of ether oxygens (including phenoxy) is 1. The van der Waals surface area contributed by atoms with Crippen LogP contribution >= 0.6 is 0 Å². The Hall–Kier alpha value is -3.87. The van der Waals surface area contributed by atoms with Gasteiger partial charge in [0.1, 0.15) is 11.6 Å². The van der Waals surface area contributed by atoms with E-state index in [1.165, 1.54) is 12.1 Å². The van der Waals surface area contributed by atoms with Crippen LogP contribution in [0.3, 0.4) is 0 Å². The van der Waals surface area contributed by atoms with Crippen LogP contribution in [-0.2, 0) is 17.9 Å². The second kappa shape index (κ2) is 11.0. The van der Waals surface area contributed by atoms with Gasteiger partial charge >= 0.3 is 0 Å². The van der Waals surface area contributed by atoms with Gasteiger partial charge in [-0.2, -0.15) is 0 Å². The highest BCUT2D eigenvalue weighted by Crippen LogP contribution is 2.28. The molecule has 1 N–H and O–H groups in total. The van der Waals surface area contributed by atoms with E-state index in [1.807, 2.05) is 68.4 Å². The highest BCUT2D eigenvalue weighted by Gasteiger charge is 2.27. The Bertz CT molecular complexity index is 1340. The number of piperidine rings is 1. The van der Waals surface area contributed by atoms with E-state index in [9.17, 15) is 9.18 Å². The molecule has 1 fully saturated rings. The first-order valence-electron chi connectivity index (χ1n) is 12.9. The lowest BCUT2D eigenvalue weighted by atomic mass is 9.96. The van der Waals surface area contributed by atoms with Crippen LogP contribution in [-0.4, -0.2) is 34.7 Å². The van der Waals surface area contributed by atoms with Gasteiger partial charge in [-0.1, -0.05) is 36.4 Å². The molecule has 1 aromatic heterocycles. The van der Waals surface area contributed by atoms with Gasteiger partial charge in [0, 0.05) is 25.6 Å². The Balaban J connectivity index is 1.21. The third kappa shape index (κ3) is 5.93. The van der Waals surface area contributed by atoms with Crippen molar-refractivity contribution in [3.63, 3.8) is 0 Å². The average Bonchev–Trinajstić information content (AvgIpc) is 3.27. The molecule has 0 bridgehead atoms. The average molecular weight is 501 g/mol. The van der Waals surface area contributed by atoms with Crippen molar-refractivity contribution in [3.8, 4) is 5.75 Å². The molecule has 5 rings (SSSR count). The number of nitrogens with zero attached hydrogens (tertiary/aromatic N) is 3. The number of nitrogens with one attached hydrogen (secondary N) is 1.